The Morgan fingerprint density at radius 3 is 2.33 bits per heavy atom. The molecule has 8 heteroatoms. The van der Waals surface area contributed by atoms with Crippen molar-refractivity contribution in [2.24, 2.45) is 40.4 Å². The number of carbonyl (C=O) groups is 1. The fourth-order valence-electron chi connectivity index (χ4n) is 10.3. The van der Waals surface area contributed by atoms with E-state index in [1.165, 1.54) is 0 Å². The van der Waals surface area contributed by atoms with Gasteiger partial charge in [-0.3, -0.25) is 14.2 Å². The van der Waals surface area contributed by atoms with Crippen LogP contribution < -0.4 is 0 Å². The number of carbonyl (C=O) groups excluding carboxylic acids is 1. The van der Waals surface area contributed by atoms with E-state index in [9.17, 15) is 22.9 Å². The summed E-state index contributed by atoms with van der Waals surface area (Å²) in [6.07, 6.45) is 7.54. The topological polar surface area (TPSA) is 104 Å². The summed E-state index contributed by atoms with van der Waals surface area (Å²) in [5, 5.41) is 12.0. The van der Waals surface area contributed by atoms with Gasteiger partial charge in [-0.1, -0.05) is 13.8 Å². The summed E-state index contributed by atoms with van der Waals surface area (Å²) in [7, 11) is -4.34. The van der Waals surface area contributed by atoms with E-state index in [-0.39, 0.29) is 34.3 Å². The van der Waals surface area contributed by atoms with Gasteiger partial charge in [-0.2, -0.15) is 8.42 Å². The van der Waals surface area contributed by atoms with Gasteiger partial charge < -0.3 is 9.84 Å². The number of hydrogen-bond donors (Lipinski definition) is 2. The fraction of sp³-hybridized carbons (Fsp3) is 0.964. The lowest BCUT2D eigenvalue weighted by Gasteiger charge is -2.64. The molecule has 0 amide bonds. The highest BCUT2D eigenvalue weighted by Gasteiger charge is 2.64. The molecular formula is C28H47NO6S. The molecule has 5 fully saturated rings. The van der Waals surface area contributed by atoms with Crippen molar-refractivity contribution in [3.8, 4) is 0 Å². The Morgan fingerprint density at radius 1 is 1.00 bits per heavy atom. The molecule has 1 saturated heterocycles. The van der Waals surface area contributed by atoms with Crippen molar-refractivity contribution in [3.63, 3.8) is 0 Å². The predicted octanol–water partition coefficient (Wildman–Crippen LogP) is 3.94. The minimum Gasteiger partial charge on any atom is -0.387 e. The van der Waals surface area contributed by atoms with E-state index in [1.807, 2.05) is 13.8 Å². The second kappa shape index (κ2) is 8.73. The molecule has 0 aromatic heterocycles. The van der Waals surface area contributed by atoms with Gasteiger partial charge in [-0.15, -0.1) is 0 Å². The van der Waals surface area contributed by atoms with Gasteiger partial charge in [0, 0.05) is 25.0 Å². The minimum atomic E-state index is -4.34. The second-order valence-corrected chi connectivity index (χ2v) is 15.7. The number of hydrogen-bond acceptors (Lipinski definition) is 6. The van der Waals surface area contributed by atoms with E-state index in [0.29, 0.717) is 49.7 Å². The summed E-state index contributed by atoms with van der Waals surface area (Å²) in [5.74, 6) is 1.83. The van der Waals surface area contributed by atoms with Crippen molar-refractivity contribution < 1.29 is 27.6 Å². The third kappa shape index (κ3) is 4.41. The molecule has 4 saturated carbocycles. The first-order valence-electron chi connectivity index (χ1n) is 14.1. The van der Waals surface area contributed by atoms with Gasteiger partial charge in [-0.05, 0) is 107 Å². The number of nitrogens with zero attached hydrogens (tertiary/aromatic N) is 1. The SMILES string of the molecule is CC(=O)[C@H]1CC[C@H]2[C@@H]3CC[C@H]4C[C@@](O)(CS(=O)(=O)O)[C@@H](N5CCOC(C)(C)C5)C[C@]4(C)[C@H]3CC[C@]12C. The molecule has 4 aliphatic carbocycles. The lowest BCUT2D eigenvalue weighted by molar-refractivity contribution is -0.194. The maximum absolute atomic E-state index is 12.5. The molecule has 0 aromatic carbocycles. The molecule has 1 aliphatic heterocycles. The zero-order chi connectivity index (χ0) is 26.3. The molecule has 0 bridgehead atoms. The molecule has 36 heavy (non-hydrogen) atoms. The van der Waals surface area contributed by atoms with Crippen LogP contribution in [0.25, 0.3) is 0 Å². The molecule has 0 aromatic rings. The van der Waals surface area contributed by atoms with Crippen LogP contribution in [0.2, 0.25) is 0 Å². The van der Waals surface area contributed by atoms with Crippen LogP contribution in [0.5, 0.6) is 0 Å². The number of rotatable bonds is 4. The largest absolute Gasteiger partial charge is 0.387 e. The van der Waals surface area contributed by atoms with Crippen LogP contribution in [-0.2, 0) is 19.6 Å². The van der Waals surface area contributed by atoms with Gasteiger partial charge in [0.2, 0.25) is 0 Å². The summed E-state index contributed by atoms with van der Waals surface area (Å²) in [4.78, 5) is 14.7. The maximum atomic E-state index is 12.5. The Morgan fingerprint density at radius 2 is 1.69 bits per heavy atom. The van der Waals surface area contributed by atoms with Gasteiger partial charge in [0.1, 0.15) is 11.5 Å². The molecule has 7 nitrogen and oxygen atoms in total. The monoisotopic (exact) mass is 525 g/mol. The van der Waals surface area contributed by atoms with Crippen molar-refractivity contribution >= 4 is 15.9 Å². The number of aliphatic hydroxyl groups is 1. The Labute approximate surface area is 217 Å². The van der Waals surface area contributed by atoms with E-state index in [0.717, 1.165) is 44.9 Å². The molecular weight excluding hydrogens is 478 g/mol. The lowest BCUT2D eigenvalue weighted by atomic mass is 9.43. The molecule has 1 heterocycles. The predicted molar refractivity (Wildman–Crippen MR) is 138 cm³/mol. The number of Topliss-reactive ketones (excluding diaryl/α,β-unsaturated/α-hetero) is 1. The smallest absolute Gasteiger partial charge is 0.267 e. The number of ether oxygens (including phenoxy) is 1. The molecule has 0 radical (unpaired) electrons. The van der Waals surface area contributed by atoms with E-state index >= 15 is 0 Å². The van der Waals surface area contributed by atoms with Crippen LogP contribution in [-0.4, -0.2) is 71.5 Å². The van der Waals surface area contributed by atoms with Crippen LogP contribution in [0.1, 0.15) is 86.0 Å². The molecule has 5 rings (SSSR count). The quantitative estimate of drug-likeness (QED) is 0.536. The Bertz CT molecular complexity index is 998. The van der Waals surface area contributed by atoms with Crippen molar-refractivity contribution in [1.82, 2.24) is 4.90 Å². The lowest BCUT2D eigenvalue weighted by Crippen LogP contribution is -2.68. The number of ketones is 1. The summed E-state index contributed by atoms with van der Waals surface area (Å²) in [5.41, 5.74) is -1.75. The van der Waals surface area contributed by atoms with E-state index < -0.39 is 21.5 Å². The Balaban J connectivity index is 1.47. The fourth-order valence-corrected chi connectivity index (χ4v) is 11.2. The Hall–Kier alpha value is -0.540. The Kier molecular flexibility index (Phi) is 6.56. The average molecular weight is 526 g/mol. The van der Waals surface area contributed by atoms with Crippen LogP contribution in [0.4, 0.5) is 0 Å². The third-order valence-electron chi connectivity index (χ3n) is 11.7. The molecule has 9 atom stereocenters. The van der Waals surface area contributed by atoms with Crippen molar-refractivity contribution in [2.75, 3.05) is 25.4 Å². The van der Waals surface area contributed by atoms with Crippen LogP contribution in [0.15, 0.2) is 0 Å². The van der Waals surface area contributed by atoms with E-state index in [1.54, 1.807) is 6.92 Å². The number of morpholine rings is 1. The summed E-state index contributed by atoms with van der Waals surface area (Å²) in [6, 6.07) is -0.343. The van der Waals surface area contributed by atoms with Gasteiger partial charge >= 0.3 is 0 Å². The minimum absolute atomic E-state index is 0.00286. The summed E-state index contributed by atoms with van der Waals surface area (Å²) < 4.78 is 40.0. The molecule has 0 spiro atoms. The highest BCUT2D eigenvalue weighted by molar-refractivity contribution is 7.85. The standard InChI is InChI=1S/C28H47NO6S/c1-18(30)21-8-9-22-20-7-6-19-14-28(31,17-36(32,33)34)24(29-12-13-35-25(2,3)16-29)15-27(19,5)23(20)10-11-26(21,22)4/h19-24,31H,6-17H2,1-5H3,(H,32,33,34)/t19-,20-,21+,22-,23-,24-,26+,27-,28+/m0/s1. The van der Waals surface area contributed by atoms with Gasteiger partial charge in [0.15, 0.2) is 0 Å². The first-order valence-corrected chi connectivity index (χ1v) is 15.7. The second-order valence-electron chi connectivity index (χ2n) is 14.3. The molecule has 2 N–H and O–H groups in total. The molecule has 0 unspecified atom stereocenters. The van der Waals surface area contributed by atoms with Crippen LogP contribution in [0, 0.1) is 40.4 Å². The highest BCUT2D eigenvalue weighted by Crippen LogP contribution is 2.68. The van der Waals surface area contributed by atoms with Crippen molar-refractivity contribution in [3.05, 3.63) is 0 Å². The molecule has 206 valence electrons. The van der Waals surface area contributed by atoms with Crippen LogP contribution in [0.3, 0.4) is 0 Å². The normalized spacial score (nSPS) is 49.1. The van der Waals surface area contributed by atoms with Crippen molar-refractivity contribution in [2.45, 2.75) is 103 Å². The van der Waals surface area contributed by atoms with E-state index in [2.05, 4.69) is 18.7 Å². The third-order valence-corrected chi connectivity index (χ3v) is 12.6. The summed E-state index contributed by atoms with van der Waals surface area (Å²) >= 11 is 0. The first kappa shape index (κ1) is 27.0. The van der Waals surface area contributed by atoms with Gasteiger partial charge in [-0.25, -0.2) is 0 Å². The average Bonchev–Trinajstić information content (AvgIpc) is 3.09. The maximum Gasteiger partial charge on any atom is 0.267 e. The van der Waals surface area contributed by atoms with Gasteiger partial charge in [0.05, 0.1) is 17.8 Å². The summed E-state index contributed by atoms with van der Waals surface area (Å²) in [6.45, 7) is 12.4. The number of fused-ring (bicyclic) bond motifs is 5. The van der Waals surface area contributed by atoms with Crippen molar-refractivity contribution in [1.29, 1.82) is 0 Å². The first-order chi connectivity index (χ1) is 16.6. The highest BCUT2D eigenvalue weighted by atomic mass is 32.2. The zero-order valence-corrected chi connectivity index (χ0v) is 23.6. The van der Waals surface area contributed by atoms with E-state index in [4.69, 9.17) is 4.74 Å². The van der Waals surface area contributed by atoms with Crippen LogP contribution >= 0.6 is 0 Å². The van der Waals surface area contributed by atoms with Gasteiger partial charge in [0.25, 0.3) is 10.1 Å². The molecule has 5 aliphatic rings. The zero-order valence-electron chi connectivity index (χ0n) is 22.8.